The quantitative estimate of drug-likeness (QED) is 0.147. The number of nitrogens with zero attached hydrogens (tertiary/aromatic N) is 1. The summed E-state index contributed by atoms with van der Waals surface area (Å²) >= 11 is 0. The lowest BCUT2D eigenvalue weighted by atomic mass is 9.71. The molecule has 0 saturated carbocycles. The van der Waals surface area contributed by atoms with Crippen molar-refractivity contribution in [3.05, 3.63) is 162 Å². The van der Waals surface area contributed by atoms with E-state index < -0.39 is 0 Å². The zero-order valence-corrected chi connectivity index (χ0v) is 32.6. The molecule has 1 nitrogen and oxygen atoms in total. The third-order valence-corrected chi connectivity index (χ3v) is 11.2. The van der Waals surface area contributed by atoms with Crippen molar-refractivity contribution in [3.63, 3.8) is 0 Å². The maximum absolute atomic E-state index is 2.52. The minimum atomic E-state index is 0.0287. The van der Waals surface area contributed by atoms with Crippen molar-refractivity contribution in [2.24, 2.45) is 0 Å². The van der Waals surface area contributed by atoms with Gasteiger partial charge in [0.1, 0.15) is 0 Å². The maximum Gasteiger partial charge on any atom is 0.0465 e. The van der Waals surface area contributed by atoms with Crippen molar-refractivity contribution < 1.29 is 0 Å². The van der Waals surface area contributed by atoms with E-state index in [2.05, 4.69) is 200 Å². The lowest BCUT2D eigenvalue weighted by molar-refractivity contribution is 0.436. The molecule has 1 heteroatoms. The van der Waals surface area contributed by atoms with Crippen LogP contribution in [0.3, 0.4) is 0 Å². The van der Waals surface area contributed by atoms with E-state index in [9.17, 15) is 0 Å². The van der Waals surface area contributed by atoms with Gasteiger partial charge in [-0.1, -0.05) is 171 Å². The van der Waals surface area contributed by atoms with Gasteiger partial charge in [-0.25, -0.2) is 0 Å². The molecule has 6 aromatic carbocycles. The van der Waals surface area contributed by atoms with Crippen LogP contribution >= 0.6 is 0 Å². The summed E-state index contributed by atoms with van der Waals surface area (Å²) in [6.45, 7) is 18.6. The summed E-state index contributed by atoms with van der Waals surface area (Å²) in [5, 5.41) is 0. The van der Waals surface area contributed by atoms with Crippen molar-refractivity contribution in [1.29, 1.82) is 0 Å². The van der Waals surface area contributed by atoms with E-state index in [1.807, 2.05) is 0 Å². The summed E-state index contributed by atoms with van der Waals surface area (Å²) < 4.78 is 0. The van der Waals surface area contributed by atoms with Crippen LogP contribution in [0, 0.1) is 0 Å². The Kier molecular flexibility index (Phi) is 9.51. The zero-order chi connectivity index (χ0) is 36.7. The molecule has 1 aliphatic carbocycles. The molecule has 0 bridgehead atoms. The number of hydrogen-bond acceptors (Lipinski definition) is 1. The molecule has 0 aromatic heterocycles. The molecule has 0 amide bonds. The number of hydrogen-bond donors (Lipinski definition) is 0. The molecule has 0 heterocycles. The number of fused-ring (bicyclic) bond motifs is 3. The molecule has 0 unspecified atom stereocenters. The minimum Gasteiger partial charge on any atom is -0.310 e. The second kappa shape index (κ2) is 13.9. The summed E-state index contributed by atoms with van der Waals surface area (Å²) in [5.41, 5.74) is 17.2. The normalized spacial score (nSPS) is 13.5. The topological polar surface area (TPSA) is 3.24 Å². The highest BCUT2D eigenvalue weighted by Gasteiger charge is 2.42. The summed E-state index contributed by atoms with van der Waals surface area (Å²) in [6.07, 6.45) is 4.60. The summed E-state index contributed by atoms with van der Waals surface area (Å²) in [4.78, 5) is 2.45. The Bertz CT molecular complexity index is 2120. The first kappa shape index (κ1) is 35.5. The summed E-state index contributed by atoms with van der Waals surface area (Å²) in [5.74, 6) is 0. The number of benzene rings is 6. The van der Waals surface area contributed by atoms with Gasteiger partial charge in [0.15, 0.2) is 0 Å². The van der Waals surface area contributed by atoms with Gasteiger partial charge in [0, 0.05) is 22.5 Å². The van der Waals surface area contributed by atoms with Crippen molar-refractivity contribution in [2.45, 2.75) is 97.3 Å². The van der Waals surface area contributed by atoms with E-state index in [0.717, 1.165) is 37.1 Å². The van der Waals surface area contributed by atoms with Crippen LogP contribution < -0.4 is 4.90 Å². The molecular weight excluding hydrogens is 627 g/mol. The predicted molar refractivity (Wildman–Crippen MR) is 225 cm³/mol. The van der Waals surface area contributed by atoms with Crippen molar-refractivity contribution >= 4 is 17.1 Å². The van der Waals surface area contributed by atoms with Gasteiger partial charge in [-0.2, -0.15) is 0 Å². The fourth-order valence-electron chi connectivity index (χ4n) is 8.44. The highest BCUT2D eigenvalue weighted by Crippen LogP contribution is 2.55. The zero-order valence-electron chi connectivity index (χ0n) is 32.6. The third-order valence-electron chi connectivity index (χ3n) is 11.2. The maximum atomic E-state index is 2.52. The first-order chi connectivity index (χ1) is 24.9. The van der Waals surface area contributed by atoms with E-state index in [1.54, 1.807) is 0 Å². The van der Waals surface area contributed by atoms with Crippen LogP contribution in [0.25, 0.3) is 33.4 Å². The molecule has 0 saturated heterocycles. The van der Waals surface area contributed by atoms with E-state index in [4.69, 9.17) is 0 Å². The SMILES string of the molecule is CCCC1(CCC)c2ccccc2-c2ccc(N(c3ccc(-c4ccccc4)cc3)c3ccc(-c4cc(C(C)(C)C)cc(C(C)(C)C)c4)cc3)cc21. The van der Waals surface area contributed by atoms with Crippen molar-refractivity contribution in [2.75, 3.05) is 4.90 Å². The molecule has 0 radical (unpaired) electrons. The van der Waals surface area contributed by atoms with Crippen LogP contribution in [0.5, 0.6) is 0 Å². The lowest BCUT2D eigenvalue weighted by Crippen LogP contribution is -2.25. The smallest absolute Gasteiger partial charge is 0.0465 e. The first-order valence-corrected chi connectivity index (χ1v) is 19.4. The summed E-state index contributed by atoms with van der Waals surface area (Å²) in [7, 11) is 0. The predicted octanol–water partition coefficient (Wildman–Crippen LogP) is 15.0. The highest BCUT2D eigenvalue weighted by molar-refractivity contribution is 5.86. The molecule has 0 aliphatic heterocycles. The second-order valence-electron chi connectivity index (χ2n) is 17.0. The summed E-state index contributed by atoms with van der Waals surface area (Å²) in [6, 6.07) is 52.6. The fourth-order valence-corrected chi connectivity index (χ4v) is 8.44. The largest absolute Gasteiger partial charge is 0.310 e. The molecule has 7 rings (SSSR count). The molecule has 0 spiro atoms. The van der Waals surface area contributed by atoms with E-state index >= 15 is 0 Å². The van der Waals surface area contributed by atoms with Crippen LogP contribution in [0.1, 0.15) is 103 Å². The molecule has 52 heavy (non-hydrogen) atoms. The van der Waals surface area contributed by atoms with E-state index in [0.29, 0.717) is 0 Å². The average Bonchev–Trinajstić information content (AvgIpc) is 3.40. The van der Waals surface area contributed by atoms with Gasteiger partial charge in [-0.15, -0.1) is 0 Å². The monoisotopic (exact) mass is 681 g/mol. The van der Waals surface area contributed by atoms with Gasteiger partial charge in [0.2, 0.25) is 0 Å². The van der Waals surface area contributed by atoms with Gasteiger partial charge in [-0.3, -0.25) is 0 Å². The average molecular weight is 682 g/mol. The first-order valence-electron chi connectivity index (χ1n) is 19.4. The van der Waals surface area contributed by atoms with Gasteiger partial charge in [-0.05, 0) is 116 Å². The number of rotatable bonds is 9. The minimum absolute atomic E-state index is 0.0287. The van der Waals surface area contributed by atoms with Gasteiger partial charge in [0.05, 0.1) is 0 Å². The fraction of sp³-hybridized carbons (Fsp3) is 0.294. The van der Waals surface area contributed by atoms with Crippen LogP contribution in [0.15, 0.2) is 140 Å². The Balaban J connectivity index is 1.36. The molecule has 0 fully saturated rings. The Hall–Kier alpha value is -4.88. The van der Waals surface area contributed by atoms with Gasteiger partial charge in [0.25, 0.3) is 0 Å². The van der Waals surface area contributed by atoms with E-state index in [-0.39, 0.29) is 16.2 Å². The van der Waals surface area contributed by atoms with Crippen LogP contribution in [0.2, 0.25) is 0 Å². The Morgan fingerprint density at radius 1 is 0.423 bits per heavy atom. The molecule has 0 atom stereocenters. The van der Waals surface area contributed by atoms with Crippen molar-refractivity contribution in [3.8, 4) is 33.4 Å². The number of anilines is 3. The highest BCUT2D eigenvalue weighted by atomic mass is 15.1. The Morgan fingerprint density at radius 2 is 0.885 bits per heavy atom. The molecular formula is C51H55N. The Labute approximate surface area is 313 Å². The van der Waals surface area contributed by atoms with Gasteiger partial charge >= 0.3 is 0 Å². The van der Waals surface area contributed by atoms with Crippen LogP contribution in [0.4, 0.5) is 17.1 Å². The van der Waals surface area contributed by atoms with Crippen LogP contribution in [-0.4, -0.2) is 0 Å². The molecule has 6 aromatic rings. The standard InChI is InChI=1S/C51H55N/c1-9-30-51(31-10-2)47-19-15-14-18-45(47)46-29-28-44(35-48(46)51)52(42-24-20-37(21-25-42)36-16-12-11-13-17-36)43-26-22-38(23-27-43)39-32-40(49(3,4)5)34-41(33-39)50(6,7)8/h11-29,32-35H,9-10,30-31H2,1-8H3. The molecule has 264 valence electrons. The second-order valence-corrected chi connectivity index (χ2v) is 17.0. The molecule has 0 N–H and O–H groups in total. The molecule has 1 aliphatic rings. The van der Waals surface area contributed by atoms with E-state index in [1.165, 1.54) is 61.3 Å². The Morgan fingerprint density at radius 3 is 1.42 bits per heavy atom. The van der Waals surface area contributed by atoms with Gasteiger partial charge < -0.3 is 4.90 Å². The van der Waals surface area contributed by atoms with Crippen LogP contribution in [-0.2, 0) is 16.2 Å². The third kappa shape index (κ3) is 6.63. The van der Waals surface area contributed by atoms with Crippen molar-refractivity contribution in [1.82, 2.24) is 0 Å². The lowest BCUT2D eigenvalue weighted by Gasteiger charge is -2.33.